The van der Waals surface area contributed by atoms with Crippen molar-refractivity contribution in [1.29, 1.82) is 0 Å². The van der Waals surface area contributed by atoms with Crippen LogP contribution in [0, 0.1) is 0 Å². The average molecular weight is 319 g/mol. The van der Waals surface area contributed by atoms with Gasteiger partial charge in [0.05, 0.1) is 39.8 Å². The maximum atomic E-state index is 13.0. The molecule has 124 valence electrons. The lowest BCUT2D eigenvalue weighted by molar-refractivity contribution is -0.973. The topological polar surface area (TPSA) is 45.3 Å². The minimum atomic E-state index is 0.117. The van der Waals surface area contributed by atoms with E-state index in [0.29, 0.717) is 23.6 Å². The Morgan fingerprint density at radius 1 is 1.04 bits per heavy atom. The molecule has 4 aliphatic rings. The average Bonchev–Trinajstić information content (AvgIpc) is 2.52. The molecule has 0 atom stereocenters. The van der Waals surface area contributed by atoms with Gasteiger partial charge in [-0.25, -0.2) is 14.7 Å². The van der Waals surface area contributed by atoms with Crippen LogP contribution in [0.3, 0.4) is 0 Å². The molecular weight excluding hydrogens is 296 g/mol. The van der Waals surface area contributed by atoms with E-state index >= 15 is 0 Å². The highest BCUT2D eigenvalue weighted by Crippen LogP contribution is 2.31. The van der Waals surface area contributed by atoms with Gasteiger partial charge in [0.25, 0.3) is 0 Å². The first-order chi connectivity index (χ1) is 11.1. The van der Waals surface area contributed by atoms with Gasteiger partial charge in [-0.2, -0.15) is 0 Å². The predicted molar refractivity (Wildman–Crippen MR) is 83.7 cm³/mol. The first-order valence-corrected chi connectivity index (χ1v) is 7.88. The third-order valence-electron chi connectivity index (χ3n) is 4.89. The number of rotatable bonds is 5. The van der Waals surface area contributed by atoms with Crippen molar-refractivity contribution >= 4 is 5.78 Å². The fourth-order valence-corrected chi connectivity index (χ4v) is 4.23. The summed E-state index contributed by atoms with van der Waals surface area (Å²) in [6.45, 7) is 6.40. The fraction of sp³-hybridized carbons (Fsp3) is 0.562. The summed E-state index contributed by atoms with van der Waals surface area (Å²) >= 11 is 0. The van der Waals surface area contributed by atoms with Gasteiger partial charge in [-0.05, 0) is 18.2 Å². The lowest BCUT2D eigenvalue weighted by Gasteiger charge is -2.60. The van der Waals surface area contributed by atoms with Crippen molar-refractivity contribution in [3.05, 3.63) is 23.8 Å². The van der Waals surface area contributed by atoms with Crippen molar-refractivity contribution in [3.8, 4) is 11.5 Å². The molecule has 7 heteroatoms. The number of carbonyl (C=O) groups is 1. The van der Waals surface area contributed by atoms with Crippen molar-refractivity contribution in [3.63, 3.8) is 0 Å². The summed E-state index contributed by atoms with van der Waals surface area (Å²) in [7, 11) is 3.21. The summed E-state index contributed by atoms with van der Waals surface area (Å²) in [4.78, 5) is 20.2. The Bertz CT molecular complexity index is 598. The third-order valence-corrected chi connectivity index (χ3v) is 4.89. The SMILES string of the molecule is COc1ccc(OC)c(C(=O)C[N+]23CN4CN(CN(C4)C2)C3)c1. The fourth-order valence-electron chi connectivity index (χ4n) is 4.23. The molecule has 1 aromatic rings. The van der Waals surface area contributed by atoms with Gasteiger partial charge >= 0.3 is 0 Å². The second kappa shape index (κ2) is 5.45. The van der Waals surface area contributed by atoms with Crippen LogP contribution < -0.4 is 9.47 Å². The quantitative estimate of drug-likeness (QED) is 0.578. The van der Waals surface area contributed by atoms with E-state index in [1.165, 1.54) is 0 Å². The molecular formula is C16H23N4O3+. The second-order valence-electron chi connectivity index (χ2n) is 6.85. The number of quaternary nitrogens is 1. The van der Waals surface area contributed by atoms with Gasteiger partial charge in [-0.15, -0.1) is 0 Å². The van der Waals surface area contributed by atoms with Crippen molar-refractivity contribution in [2.75, 3.05) is 60.8 Å². The highest BCUT2D eigenvalue weighted by atomic mass is 16.5. The van der Waals surface area contributed by atoms with Crippen molar-refractivity contribution in [1.82, 2.24) is 14.7 Å². The van der Waals surface area contributed by atoms with Crippen LogP contribution in [0.4, 0.5) is 0 Å². The highest BCUT2D eigenvalue weighted by molar-refractivity contribution is 6.00. The minimum Gasteiger partial charge on any atom is -0.497 e. The van der Waals surface area contributed by atoms with Crippen LogP contribution in [-0.4, -0.2) is 85.7 Å². The Hall–Kier alpha value is -1.67. The molecule has 7 nitrogen and oxygen atoms in total. The molecule has 1 aromatic carbocycles. The van der Waals surface area contributed by atoms with Gasteiger partial charge in [-0.1, -0.05) is 0 Å². The number of ketones is 1. The van der Waals surface area contributed by atoms with Gasteiger partial charge < -0.3 is 9.47 Å². The van der Waals surface area contributed by atoms with Gasteiger partial charge in [-0.3, -0.25) is 9.28 Å². The molecule has 5 rings (SSSR count). The minimum absolute atomic E-state index is 0.117. The summed E-state index contributed by atoms with van der Waals surface area (Å²) in [5.41, 5.74) is 0.612. The van der Waals surface area contributed by atoms with Crippen LogP contribution in [0.2, 0.25) is 0 Å². The molecule has 0 radical (unpaired) electrons. The summed E-state index contributed by atoms with van der Waals surface area (Å²) in [5.74, 6) is 1.42. The van der Waals surface area contributed by atoms with E-state index in [4.69, 9.17) is 9.47 Å². The number of hydrogen-bond acceptors (Lipinski definition) is 6. The van der Waals surface area contributed by atoms with Crippen LogP contribution in [-0.2, 0) is 0 Å². The van der Waals surface area contributed by atoms with Crippen LogP contribution in [0.1, 0.15) is 10.4 Å². The molecule has 0 spiro atoms. The van der Waals surface area contributed by atoms with Crippen LogP contribution in [0.25, 0.3) is 0 Å². The molecule has 4 fully saturated rings. The summed E-state index contributed by atoms with van der Waals surface area (Å²) in [6, 6.07) is 5.40. The zero-order chi connectivity index (χ0) is 16.0. The highest BCUT2D eigenvalue weighted by Gasteiger charge is 2.49. The van der Waals surface area contributed by atoms with E-state index in [-0.39, 0.29) is 5.78 Å². The molecule has 0 aliphatic carbocycles. The normalized spacial score (nSPS) is 34.4. The van der Waals surface area contributed by atoms with Crippen molar-refractivity contribution in [2.24, 2.45) is 0 Å². The number of benzene rings is 1. The van der Waals surface area contributed by atoms with Crippen LogP contribution in [0.15, 0.2) is 18.2 Å². The molecule has 4 saturated heterocycles. The maximum Gasteiger partial charge on any atom is 0.220 e. The van der Waals surface area contributed by atoms with Gasteiger partial charge in [0.2, 0.25) is 5.78 Å². The third kappa shape index (κ3) is 2.59. The Morgan fingerprint density at radius 3 is 2.17 bits per heavy atom. The second-order valence-corrected chi connectivity index (χ2v) is 6.85. The Morgan fingerprint density at radius 2 is 1.65 bits per heavy atom. The molecule has 23 heavy (non-hydrogen) atoms. The Labute approximate surface area is 136 Å². The van der Waals surface area contributed by atoms with E-state index < -0.39 is 0 Å². The molecule has 0 saturated carbocycles. The van der Waals surface area contributed by atoms with E-state index in [2.05, 4.69) is 14.7 Å². The molecule has 0 N–H and O–H groups in total. The number of nitrogens with zero attached hydrogens (tertiary/aromatic N) is 4. The van der Waals surface area contributed by atoms with E-state index in [1.807, 2.05) is 6.07 Å². The van der Waals surface area contributed by atoms with Crippen molar-refractivity contribution in [2.45, 2.75) is 0 Å². The first-order valence-electron chi connectivity index (χ1n) is 7.88. The standard InChI is InChI=1S/C16H23N4O3/c1-22-13-3-4-16(23-2)14(5-13)15(21)6-20-10-17-7-18(11-20)9-19(8-17)12-20/h3-5H,6-12H2,1-2H3/q+1. The lowest BCUT2D eigenvalue weighted by Crippen LogP contribution is -2.79. The summed E-state index contributed by atoms with van der Waals surface area (Å²) in [6.07, 6.45) is 0. The molecule has 0 aromatic heterocycles. The number of Topliss-reactive ketones (excluding diaryl/α,β-unsaturated/α-hetero) is 1. The number of hydrogen-bond donors (Lipinski definition) is 0. The lowest BCUT2D eigenvalue weighted by atomic mass is 10.1. The predicted octanol–water partition coefficient (Wildman–Crippen LogP) is 0.395. The monoisotopic (exact) mass is 319 g/mol. The van der Waals surface area contributed by atoms with E-state index in [1.54, 1.807) is 26.4 Å². The molecule has 0 unspecified atom stereocenters. The molecule has 4 heterocycles. The summed E-state index contributed by atoms with van der Waals surface area (Å²) in [5, 5.41) is 0. The first kappa shape index (κ1) is 14.9. The maximum absolute atomic E-state index is 13.0. The Balaban J connectivity index is 1.58. The van der Waals surface area contributed by atoms with Crippen LogP contribution in [0.5, 0.6) is 11.5 Å². The number of ether oxygens (including phenoxy) is 2. The number of methoxy groups -OCH3 is 2. The van der Waals surface area contributed by atoms with Gasteiger partial charge in [0.1, 0.15) is 38.0 Å². The van der Waals surface area contributed by atoms with Crippen molar-refractivity contribution < 1.29 is 18.8 Å². The van der Waals surface area contributed by atoms with Gasteiger partial charge in [0, 0.05) is 0 Å². The van der Waals surface area contributed by atoms with E-state index in [0.717, 1.165) is 44.5 Å². The van der Waals surface area contributed by atoms with Crippen LogP contribution >= 0.6 is 0 Å². The molecule has 4 bridgehead atoms. The number of carbonyl (C=O) groups excluding carboxylic acids is 1. The zero-order valence-corrected chi connectivity index (χ0v) is 13.7. The Kier molecular flexibility index (Phi) is 3.53. The smallest absolute Gasteiger partial charge is 0.220 e. The molecule has 0 amide bonds. The van der Waals surface area contributed by atoms with Gasteiger partial charge in [0.15, 0.2) is 0 Å². The zero-order valence-electron chi connectivity index (χ0n) is 13.7. The largest absolute Gasteiger partial charge is 0.497 e. The molecule has 4 aliphatic heterocycles. The summed E-state index contributed by atoms with van der Waals surface area (Å²) < 4.78 is 11.4. The van der Waals surface area contributed by atoms with E-state index in [9.17, 15) is 4.79 Å².